The molecular weight excluding hydrogens is 316 g/mol. The van der Waals surface area contributed by atoms with Gasteiger partial charge in [0.15, 0.2) is 0 Å². The summed E-state index contributed by atoms with van der Waals surface area (Å²) in [5, 5.41) is 7.18. The Kier molecular flexibility index (Phi) is 4.89. The van der Waals surface area contributed by atoms with Crippen molar-refractivity contribution in [2.24, 2.45) is 5.73 Å². The molecule has 126 valence electrons. The van der Waals surface area contributed by atoms with Crippen molar-refractivity contribution in [3.63, 3.8) is 0 Å². The third-order valence-electron chi connectivity index (χ3n) is 3.71. The van der Waals surface area contributed by atoms with Crippen molar-refractivity contribution in [1.29, 1.82) is 0 Å². The van der Waals surface area contributed by atoms with Crippen molar-refractivity contribution in [2.45, 2.75) is 13.1 Å². The van der Waals surface area contributed by atoms with Gasteiger partial charge in [0.1, 0.15) is 12.2 Å². The maximum atomic E-state index is 12.1. The fourth-order valence-corrected chi connectivity index (χ4v) is 2.49. The number of benzene rings is 2. The topological polar surface area (TPSA) is 90.0 Å². The Bertz CT molecular complexity index is 873. The molecule has 3 aromatic rings. The van der Waals surface area contributed by atoms with Gasteiger partial charge in [-0.3, -0.25) is 14.3 Å². The molecule has 0 fully saturated rings. The molecular formula is C19H18N4O2. The number of nitrogens with zero attached hydrogens (tertiary/aromatic N) is 2. The number of carbonyl (C=O) groups excluding carboxylic acids is 2. The van der Waals surface area contributed by atoms with E-state index in [2.05, 4.69) is 10.4 Å². The summed E-state index contributed by atoms with van der Waals surface area (Å²) in [5.74, 6) is -0.767. The van der Waals surface area contributed by atoms with Crippen LogP contribution in [0.4, 0.5) is 0 Å². The van der Waals surface area contributed by atoms with E-state index in [-0.39, 0.29) is 12.5 Å². The quantitative estimate of drug-likeness (QED) is 0.722. The van der Waals surface area contributed by atoms with Gasteiger partial charge < -0.3 is 11.1 Å². The molecule has 0 aliphatic heterocycles. The molecule has 0 aliphatic carbocycles. The van der Waals surface area contributed by atoms with Gasteiger partial charge in [0.2, 0.25) is 5.91 Å². The zero-order chi connectivity index (χ0) is 17.6. The molecule has 0 unspecified atom stereocenters. The van der Waals surface area contributed by atoms with Crippen molar-refractivity contribution in [3.05, 3.63) is 78.0 Å². The van der Waals surface area contributed by atoms with Gasteiger partial charge in [-0.1, -0.05) is 60.7 Å². The van der Waals surface area contributed by atoms with E-state index in [0.717, 1.165) is 11.1 Å². The Balaban J connectivity index is 1.72. The number of nitrogens with one attached hydrogen (secondary N) is 1. The number of amides is 2. The summed E-state index contributed by atoms with van der Waals surface area (Å²) in [6, 6.07) is 18.9. The second kappa shape index (κ2) is 7.44. The average molecular weight is 334 g/mol. The highest BCUT2D eigenvalue weighted by molar-refractivity contribution is 5.98. The minimum absolute atomic E-state index is 0.0138. The van der Waals surface area contributed by atoms with Gasteiger partial charge >= 0.3 is 0 Å². The highest BCUT2D eigenvalue weighted by Gasteiger charge is 2.16. The molecule has 0 saturated heterocycles. The minimum atomic E-state index is -0.574. The Morgan fingerprint density at radius 3 is 2.28 bits per heavy atom. The van der Waals surface area contributed by atoms with E-state index in [9.17, 15) is 9.59 Å². The van der Waals surface area contributed by atoms with Crippen molar-refractivity contribution in [2.75, 3.05) is 0 Å². The van der Waals surface area contributed by atoms with Crippen LogP contribution >= 0.6 is 0 Å². The van der Waals surface area contributed by atoms with E-state index in [1.807, 2.05) is 60.7 Å². The molecule has 0 radical (unpaired) electrons. The van der Waals surface area contributed by atoms with E-state index in [1.54, 1.807) is 0 Å². The molecule has 2 aromatic carbocycles. The van der Waals surface area contributed by atoms with Crippen LogP contribution in [-0.4, -0.2) is 21.6 Å². The van der Waals surface area contributed by atoms with Gasteiger partial charge in [0.05, 0.1) is 5.56 Å². The molecule has 25 heavy (non-hydrogen) atoms. The molecule has 0 saturated carbocycles. The first-order chi connectivity index (χ1) is 12.1. The van der Waals surface area contributed by atoms with E-state index < -0.39 is 5.91 Å². The molecule has 1 heterocycles. The highest BCUT2D eigenvalue weighted by Crippen LogP contribution is 2.21. The van der Waals surface area contributed by atoms with Crippen LogP contribution in [0.3, 0.4) is 0 Å². The summed E-state index contributed by atoms with van der Waals surface area (Å²) in [5.41, 5.74) is 8.00. The summed E-state index contributed by atoms with van der Waals surface area (Å²) < 4.78 is 1.43. The van der Waals surface area contributed by atoms with Gasteiger partial charge in [-0.2, -0.15) is 5.10 Å². The second-order valence-corrected chi connectivity index (χ2v) is 5.58. The molecule has 3 rings (SSSR count). The molecule has 0 spiro atoms. The van der Waals surface area contributed by atoms with Gasteiger partial charge in [-0.15, -0.1) is 0 Å². The lowest BCUT2D eigenvalue weighted by Crippen LogP contribution is -2.27. The molecule has 1 aromatic heterocycles. The summed E-state index contributed by atoms with van der Waals surface area (Å²) >= 11 is 0. The average Bonchev–Trinajstić information content (AvgIpc) is 3.06. The van der Waals surface area contributed by atoms with Crippen LogP contribution in [0, 0.1) is 0 Å². The zero-order valence-electron chi connectivity index (χ0n) is 13.6. The molecule has 0 bridgehead atoms. The summed E-state index contributed by atoms with van der Waals surface area (Å²) in [6.07, 6.45) is 1.51. The van der Waals surface area contributed by atoms with E-state index >= 15 is 0 Å². The number of nitrogens with two attached hydrogens (primary N) is 1. The standard InChI is InChI=1S/C19H18N4O2/c20-19(25)16-12-23(22-18(16)15-9-5-2-6-10-15)13-17(24)21-11-14-7-3-1-4-8-14/h1-10,12H,11,13H2,(H2,20,25)(H,21,24). The summed E-state index contributed by atoms with van der Waals surface area (Å²) in [6.45, 7) is 0.453. The Hall–Kier alpha value is -3.41. The number of rotatable bonds is 6. The monoisotopic (exact) mass is 334 g/mol. The van der Waals surface area contributed by atoms with E-state index in [0.29, 0.717) is 17.8 Å². The molecule has 0 atom stereocenters. The number of hydrogen-bond acceptors (Lipinski definition) is 3. The lowest BCUT2D eigenvalue weighted by atomic mass is 10.1. The molecule has 0 aliphatic rings. The smallest absolute Gasteiger partial charge is 0.252 e. The minimum Gasteiger partial charge on any atom is -0.365 e. The maximum Gasteiger partial charge on any atom is 0.252 e. The van der Waals surface area contributed by atoms with Crippen LogP contribution in [0.5, 0.6) is 0 Å². The molecule has 6 heteroatoms. The number of hydrogen-bond donors (Lipinski definition) is 2. The van der Waals surface area contributed by atoms with Gasteiger partial charge in [-0.05, 0) is 5.56 Å². The fraction of sp³-hybridized carbons (Fsp3) is 0.105. The van der Waals surface area contributed by atoms with Crippen LogP contribution in [-0.2, 0) is 17.9 Å². The molecule has 2 amide bonds. The number of primary amides is 1. The Morgan fingerprint density at radius 2 is 1.64 bits per heavy atom. The van der Waals surface area contributed by atoms with Gasteiger partial charge in [-0.25, -0.2) is 0 Å². The molecule has 3 N–H and O–H groups in total. The van der Waals surface area contributed by atoms with Crippen LogP contribution in [0.1, 0.15) is 15.9 Å². The lowest BCUT2D eigenvalue weighted by Gasteiger charge is -2.05. The third kappa shape index (κ3) is 4.11. The lowest BCUT2D eigenvalue weighted by molar-refractivity contribution is -0.122. The summed E-state index contributed by atoms with van der Waals surface area (Å²) in [4.78, 5) is 23.8. The van der Waals surface area contributed by atoms with Crippen molar-refractivity contribution >= 4 is 11.8 Å². The zero-order valence-corrected chi connectivity index (χ0v) is 13.6. The SMILES string of the molecule is NC(=O)c1cn(CC(=O)NCc2ccccc2)nc1-c1ccccc1. The maximum absolute atomic E-state index is 12.1. The first-order valence-corrected chi connectivity index (χ1v) is 7.87. The number of carbonyl (C=O) groups is 2. The second-order valence-electron chi connectivity index (χ2n) is 5.58. The Morgan fingerprint density at radius 1 is 1.00 bits per heavy atom. The van der Waals surface area contributed by atoms with Gasteiger partial charge in [0.25, 0.3) is 5.91 Å². The van der Waals surface area contributed by atoms with Crippen LogP contribution < -0.4 is 11.1 Å². The van der Waals surface area contributed by atoms with Crippen molar-refractivity contribution in [3.8, 4) is 11.3 Å². The third-order valence-corrected chi connectivity index (χ3v) is 3.71. The van der Waals surface area contributed by atoms with Crippen LogP contribution in [0.25, 0.3) is 11.3 Å². The fourth-order valence-electron chi connectivity index (χ4n) is 2.49. The first-order valence-electron chi connectivity index (χ1n) is 7.87. The normalized spacial score (nSPS) is 10.4. The Labute approximate surface area is 145 Å². The first kappa shape index (κ1) is 16.4. The van der Waals surface area contributed by atoms with Crippen LogP contribution in [0.15, 0.2) is 66.9 Å². The van der Waals surface area contributed by atoms with Crippen LogP contribution in [0.2, 0.25) is 0 Å². The van der Waals surface area contributed by atoms with Crippen molar-refractivity contribution < 1.29 is 9.59 Å². The predicted octanol–water partition coefficient (Wildman–Crippen LogP) is 1.97. The summed E-state index contributed by atoms with van der Waals surface area (Å²) in [7, 11) is 0. The largest absolute Gasteiger partial charge is 0.365 e. The van der Waals surface area contributed by atoms with Gasteiger partial charge in [0, 0.05) is 18.3 Å². The molecule has 6 nitrogen and oxygen atoms in total. The highest BCUT2D eigenvalue weighted by atomic mass is 16.2. The predicted molar refractivity (Wildman–Crippen MR) is 94.5 cm³/mol. The number of aromatic nitrogens is 2. The van der Waals surface area contributed by atoms with Crippen molar-refractivity contribution in [1.82, 2.24) is 15.1 Å². The van der Waals surface area contributed by atoms with E-state index in [1.165, 1.54) is 10.9 Å². The van der Waals surface area contributed by atoms with E-state index in [4.69, 9.17) is 5.73 Å².